The molecule has 3 N–H and O–H groups in total. The number of anilines is 2. The van der Waals surface area contributed by atoms with Crippen LogP contribution in [0.3, 0.4) is 0 Å². The molecule has 0 aromatic heterocycles. The van der Waals surface area contributed by atoms with Crippen LogP contribution in [0.25, 0.3) is 0 Å². The van der Waals surface area contributed by atoms with Gasteiger partial charge in [0.25, 0.3) is 10.0 Å². The van der Waals surface area contributed by atoms with Gasteiger partial charge in [-0.2, -0.15) is 0 Å². The molecule has 0 amide bonds. The number of nitrogens with one attached hydrogen (secondary N) is 1. The summed E-state index contributed by atoms with van der Waals surface area (Å²) in [6.07, 6.45) is 0. The first-order chi connectivity index (χ1) is 9.83. The lowest BCUT2D eigenvalue weighted by molar-refractivity contribution is 0.414. The molecular formula is C13H12F2N2O3S. The molecule has 0 bridgehead atoms. The molecule has 0 aliphatic heterocycles. The number of hydrogen-bond acceptors (Lipinski definition) is 4. The van der Waals surface area contributed by atoms with E-state index >= 15 is 0 Å². The summed E-state index contributed by atoms with van der Waals surface area (Å²) in [6.45, 7) is 0. The first-order valence-corrected chi connectivity index (χ1v) is 7.23. The lowest BCUT2D eigenvalue weighted by Crippen LogP contribution is -2.15. The van der Waals surface area contributed by atoms with Gasteiger partial charge in [-0.15, -0.1) is 0 Å². The Balaban J connectivity index is 2.42. The second kappa shape index (κ2) is 5.57. The number of sulfonamides is 1. The summed E-state index contributed by atoms with van der Waals surface area (Å²) in [6, 6.07) is 6.64. The van der Waals surface area contributed by atoms with E-state index in [0.29, 0.717) is 0 Å². The van der Waals surface area contributed by atoms with E-state index in [0.717, 1.165) is 24.3 Å². The summed E-state index contributed by atoms with van der Waals surface area (Å²) in [5, 5.41) is 0. The molecule has 0 atom stereocenters. The standard InChI is InChI=1S/C13H12F2N2O3S/c1-20-9-3-4-10(14)12(7-9)17-21(18,19)13-5-2-8(16)6-11(13)15/h2-7,17H,16H2,1H3. The molecule has 2 rings (SSSR count). The van der Waals surface area contributed by atoms with Gasteiger partial charge in [-0.25, -0.2) is 17.2 Å². The van der Waals surface area contributed by atoms with Crippen LogP contribution in [0, 0.1) is 11.6 Å². The number of nitrogens with two attached hydrogens (primary N) is 1. The van der Waals surface area contributed by atoms with Gasteiger partial charge in [-0.3, -0.25) is 4.72 Å². The lowest BCUT2D eigenvalue weighted by atomic mass is 10.3. The Morgan fingerprint density at radius 3 is 2.43 bits per heavy atom. The first kappa shape index (κ1) is 15.0. The number of nitrogen functional groups attached to an aromatic ring is 1. The van der Waals surface area contributed by atoms with Crippen molar-refractivity contribution < 1.29 is 21.9 Å². The number of rotatable bonds is 4. The number of ether oxygens (including phenoxy) is 1. The number of benzene rings is 2. The van der Waals surface area contributed by atoms with Gasteiger partial charge >= 0.3 is 0 Å². The molecule has 2 aromatic rings. The van der Waals surface area contributed by atoms with Crippen LogP contribution in [0.15, 0.2) is 41.3 Å². The van der Waals surface area contributed by atoms with Gasteiger partial charge in [0.05, 0.1) is 12.8 Å². The molecule has 2 aromatic carbocycles. The molecule has 21 heavy (non-hydrogen) atoms. The second-order valence-electron chi connectivity index (χ2n) is 4.14. The molecule has 8 heteroatoms. The average Bonchev–Trinajstić information content (AvgIpc) is 2.40. The fourth-order valence-electron chi connectivity index (χ4n) is 1.64. The van der Waals surface area contributed by atoms with Crippen molar-refractivity contribution in [3.05, 3.63) is 48.0 Å². The zero-order valence-corrected chi connectivity index (χ0v) is 11.7. The highest BCUT2D eigenvalue weighted by Crippen LogP contribution is 2.25. The fraction of sp³-hybridized carbons (Fsp3) is 0.0769. The third-order valence-corrected chi connectivity index (χ3v) is 4.06. The molecule has 0 fully saturated rings. The minimum atomic E-state index is -4.28. The van der Waals surface area contributed by atoms with Crippen molar-refractivity contribution in [2.75, 3.05) is 17.6 Å². The van der Waals surface area contributed by atoms with E-state index < -0.39 is 26.6 Å². The van der Waals surface area contributed by atoms with E-state index in [1.54, 1.807) is 0 Å². The monoisotopic (exact) mass is 314 g/mol. The van der Waals surface area contributed by atoms with Crippen LogP contribution in [0.5, 0.6) is 5.75 Å². The SMILES string of the molecule is COc1ccc(F)c(NS(=O)(=O)c2ccc(N)cc2F)c1. The van der Waals surface area contributed by atoms with Crippen LogP contribution < -0.4 is 15.2 Å². The molecule has 0 aliphatic carbocycles. The first-order valence-electron chi connectivity index (χ1n) is 5.75. The highest BCUT2D eigenvalue weighted by molar-refractivity contribution is 7.92. The zero-order valence-electron chi connectivity index (χ0n) is 10.9. The van der Waals surface area contributed by atoms with Crippen LogP contribution in [0.2, 0.25) is 0 Å². The van der Waals surface area contributed by atoms with Crippen LogP contribution in [0.1, 0.15) is 0 Å². The maximum Gasteiger partial charge on any atom is 0.264 e. The van der Waals surface area contributed by atoms with Crippen LogP contribution in [0.4, 0.5) is 20.2 Å². The molecule has 0 saturated carbocycles. The fourth-order valence-corrected chi connectivity index (χ4v) is 2.76. The van der Waals surface area contributed by atoms with Crippen LogP contribution >= 0.6 is 0 Å². The normalized spacial score (nSPS) is 11.2. The predicted molar refractivity (Wildman–Crippen MR) is 74.6 cm³/mol. The Labute approximate surface area is 120 Å². The summed E-state index contributed by atoms with van der Waals surface area (Å²) in [7, 11) is -2.93. The predicted octanol–water partition coefficient (Wildman–Crippen LogP) is 2.36. The van der Waals surface area contributed by atoms with E-state index in [-0.39, 0.29) is 17.1 Å². The van der Waals surface area contributed by atoms with Gasteiger partial charge in [0.2, 0.25) is 0 Å². The van der Waals surface area contributed by atoms with E-state index in [2.05, 4.69) is 0 Å². The van der Waals surface area contributed by atoms with Gasteiger partial charge in [0, 0.05) is 11.8 Å². The van der Waals surface area contributed by atoms with Crippen molar-refractivity contribution in [1.82, 2.24) is 0 Å². The summed E-state index contributed by atoms with van der Waals surface area (Å²) >= 11 is 0. The van der Waals surface area contributed by atoms with E-state index in [1.165, 1.54) is 19.2 Å². The van der Waals surface area contributed by atoms with E-state index in [1.807, 2.05) is 4.72 Å². The van der Waals surface area contributed by atoms with Crippen molar-refractivity contribution in [2.45, 2.75) is 4.90 Å². The van der Waals surface area contributed by atoms with Crippen molar-refractivity contribution in [3.63, 3.8) is 0 Å². The topological polar surface area (TPSA) is 81.4 Å². The molecule has 0 spiro atoms. The molecule has 0 aliphatic rings. The van der Waals surface area contributed by atoms with Gasteiger partial charge < -0.3 is 10.5 Å². The summed E-state index contributed by atoms with van der Waals surface area (Å²) in [4.78, 5) is -0.626. The van der Waals surface area contributed by atoms with Gasteiger partial charge in [0.1, 0.15) is 22.3 Å². The maximum absolute atomic E-state index is 13.7. The molecule has 0 radical (unpaired) electrons. The third-order valence-electron chi connectivity index (χ3n) is 2.66. The van der Waals surface area contributed by atoms with Gasteiger partial charge in [-0.05, 0) is 30.3 Å². The molecular weight excluding hydrogens is 302 g/mol. The second-order valence-corrected chi connectivity index (χ2v) is 5.79. The van der Waals surface area contributed by atoms with Crippen LogP contribution in [-0.2, 0) is 10.0 Å². The summed E-state index contributed by atoms with van der Waals surface area (Å²) in [5.74, 6) is -1.58. The third kappa shape index (κ3) is 3.22. The number of methoxy groups -OCH3 is 1. The molecule has 0 heterocycles. The maximum atomic E-state index is 13.7. The minimum absolute atomic E-state index is 0.0824. The van der Waals surface area contributed by atoms with Crippen molar-refractivity contribution >= 4 is 21.4 Å². The lowest BCUT2D eigenvalue weighted by Gasteiger charge is -2.11. The quantitative estimate of drug-likeness (QED) is 0.849. The Hall–Kier alpha value is -2.35. The number of halogens is 2. The Bertz CT molecular complexity index is 779. The minimum Gasteiger partial charge on any atom is -0.497 e. The van der Waals surface area contributed by atoms with Crippen molar-refractivity contribution in [1.29, 1.82) is 0 Å². The van der Waals surface area contributed by atoms with Gasteiger partial charge in [-0.1, -0.05) is 0 Å². The Kier molecular flexibility index (Phi) is 3.99. The van der Waals surface area contributed by atoms with Crippen molar-refractivity contribution in [3.8, 4) is 5.75 Å². The smallest absolute Gasteiger partial charge is 0.264 e. The molecule has 112 valence electrons. The zero-order chi connectivity index (χ0) is 15.6. The van der Waals surface area contributed by atoms with E-state index in [9.17, 15) is 17.2 Å². The van der Waals surface area contributed by atoms with Crippen molar-refractivity contribution in [2.24, 2.45) is 0 Å². The van der Waals surface area contributed by atoms with E-state index in [4.69, 9.17) is 10.5 Å². The largest absolute Gasteiger partial charge is 0.497 e. The molecule has 0 unspecified atom stereocenters. The Morgan fingerprint density at radius 1 is 1.10 bits per heavy atom. The average molecular weight is 314 g/mol. The number of hydrogen-bond donors (Lipinski definition) is 2. The Morgan fingerprint density at radius 2 is 1.81 bits per heavy atom. The molecule has 5 nitrogen and oxygen atoms in total. The highest BCUT2D eigenvalue weighted by atomic mass is 32.2. The summed E-state index contributed by atoms with van der Waals surface area (Å²) in [5.41, 5.74) is 5.09. The van der Waals surface area contributed by atoms with Crippen LogP contribution in [-0.4, -0.2) is 15.5 Å². The van der Waals surface area contributed by atoms with Gasteiger partial charge in [0.15, 0.2) is 0 Å². The molecule has 0 saturated heterocycles. The highest BCUT2D eigenvalue weighted by Gasteiger charge is 2.21. The summed E-state index contributed by atoms with van der Waals surface area (Å²) < 4.78 is 58.3.